The third kappa shape index (κ3) is 3.72. The number of aromatic amines is 1. The topological polar surface area (TPSA) is 86.9 Å². The van der Waals surface area contributed by atoms with Crippen molar-refractivity contribution in [3.05, 3.63) is 11.4 Å². The molecule has 20 heavy (non-hydrogen) atoms. The van der Waals surface area contributed by atoms with Crippen molar-refractivity contribution in [2.75, 3.05) is 13.1 Å². The molecule has 8 heteroatoms. The normalized spacial score (nSPS) is 21.2. The highest BCUT2D eigenvalue weighted by Gasteiger charge is 2.28. The number of nitrogens with one attached hydrogen (secondary N) is 3. The van der Waals surface area contributed by atoms with Crippen molar-refractivity contribution < 1.29 is 8.42 Å². The van der Waals surface area contributed by atoms with Crippen LogP contribution >= 0.6 is 12.4 Å². The van der Waals surface area contributed by atoms with Crippen LogP contribution in [0, 0.1) is 19.8 Å². The molecule has 0 amide bonds. The van der Waals surface area contributed by atoms with Crippen LogP contribution < -0.4 is 10.0 Å². The Morgan fingerprint density at radius 1 is 1.40 bits per heavy atom. The van der Waals surface area contributed by atoms with Crippen LogP contribution in [0.15, 0.2) is 4.90 Å². The fourth-order valence-electron chi connectivity index (χ4n) is 2.64. The number of aromatic nitrogens is 2. The van der Waals surface area contributed by atoms with Crippen molar-refractivity contribution >= 4 is 22.4 Å². The summed E-state index contributed by atoms with van der Waals surface area (Å²) in [6.07, 6.45) is 2.15. The predicted octanol–water partition coefficient (Wildman–Crippen LogP) is 1.11. The maximum atomic E-state index is 12.4. The lowest BCUT2D eigenvalue weighted by Gasteiger charge is -2.28. The van der Waals surface area contributed by atoms with Crippen molar-refractivity contribution in [1.29, 1.82) is 0 Å². The van der Waals surface area contributed by atoms with Crippen molar-refractivity contribution in [3.63, 3.8) is 0 Å². The molecule has 1 aromatic rings. The van der Waals surface area contributed by atoms with Crippen LogP contribution in [0.5, 0.6) is 0 Å². The summed E-state index contributed by atoms with van der Waals surface area (Å²) >= 11 is 0. The zero-order valence-corrected chi connectivity index (χ0v) is 13.7. The maximum absolute atomic E-state index is 12.4. The Morgan fingerprint density at radius 2 is 2.10 bits per heavy atom. The quantitative estimate of drug-likeness (QED) is 0.775. The Morgan fingerprint density at radius 3 is 2.60 bits per heavy atom. The molecule has 1 aliphatic heterocycles. The van der Waals surface area contributed by atoms with Crippen molar-refractivity contribution in [2.45, 2.75) is 44.6 Å². The zero-order chi connectivity index (χ0) is 14.0. The standard InChI is InChI=1S/C12H22N4O2S.ClH/c1-8(11-5-4-6-13-7-11)16-19(17,18)12-9(2)14-15-10(12)3;/h8,11,13,16H,4-7H2,1-3H3,(H,14,15);1H. The predicted molar refractivity (Wildman–Crippen MR) is 80.7 cm³/mol. The Bertz CT molecular complexity index is 518. The number of H-pyrrole nitrogens is 1. The van der Waals surface area contributed by atoms with Gasteiger partial charge in [-0.15, -0.1) is 12.4 Å². The van der Waals surface area contributed by atoms with E-state index in [0.29, 0.717) is 17.3 Å². The molecule has 0 aromatic carbocycles. The van der Waals surface area contributed by atoms with Gasteiger partial charge in [-0.05, 0) is 52.6 Å². The van der Waals surface area contributed by atoms with Gasteiger partial charge in [-0.25, -0.2) is 13.1 Å². The fourth-order valence-corrected chi connectivity index (χ4v) is 4.33. The minimum absolute atomic E-state index is 0. The molecule has 0 aliphatic carbocycles. The number of rotatable bonds is 4. The van der Waals surface area contributed by atoms with Gasteiger partial charge in [0.1, 0.15) is 4.90 Å². The van der Waals surface area contributed by atoms with Crippen LogP contribution in [-0.2, 0) is 10.0 Å². The van der Waals surface area contributed by atoms with E-state index in [0.717, 1.165) is 25.9 Å². The summed E-state index contributed by atoms with van der Waals surface area (Å²) in [5.74, 6) is 0.344. The first-order valence-corrected chi connectivity index (χ1v) is 8.14. The molecule has 1 aliphatic rings. The molecule has 0 bridgehead atoms. The monoisotopic (exact) mass is 322 g/mol. The molecule has 1 saturated heterocycles. The number of aryl methyl sites for hydroxylation is 2. The number of sulfonamides is 1. The highest BCUT2D eigenvalue weighted by molar-refractivity contribution is 7.89. The number of halogens is 1. The van der Waals surface area contributed by atoms with Crippen molar-refractivity contribution in [2.24, 2.45) is 5.92 Å². The van der Waals surface area contributed by atoms with E-state index in [1.807, 2.05) is 6.92 Å². The molecule has 3 N–H and O–H groups in total. The molecule has 1 fully saturated rings. The van der Waals surface area contributed by atoms with Gasteiger partial charge in [0.2, 0.25) is 10.0 Å². The average Bonchev–Trinajstić information content (AvgIpc) is 2.70. The summed E-state index contributed by atoms with van der Waals surface area (Å²) in [4.78, 5) is 0.281. The van der Waals surface area contributed by atoms with Gasteiger partial charge in [0.05, 0.1) is 11.4 Å². The van der Waals surface area contributed by atoms with Crippen LogP contribution in [0.25, 0.3) is 0 Å². The largest absolute Gasteiger partial charge is 0.316 e. The van der Waals surface area contributed by atoms with E-state index < -0.39 is 10.0 Å². The molecule has 2 heterocycles. The van der Waals surface area contributed by atoms with E-state index in [2.05, 4.69) is 20.2 Å². The Labute approximate surface area is 126 Å². The lowest BCUT2D eigenvalue weighted by atomic mass is 9.94. The third-order valence-corrected chi connectivity index (χ3v) is 5.53. The molecule has 2 rings (SSSR count). The van der Waals surface area contributed by atoms with E-state index in [-0.39, 0.29) is 23.3 Å². The Hall–Kier alpha value is -0.630. The van der Waals surface area contributed by atoms with Crippen LogP contribution in [-0.4, -0.2) is 37.7 Å². The van der Waals surface area contributed by atoms with Crippen molar-refractivity contribution in [1.82, 2.24) is 20.2 Å². The highest BCUT2D eigenvalue weighted by Crippen LogP contribution is 2.20. The Kier molecular flexibility index (Phi) is 6.00. The van der Waals surface area contributed by atoms with E-state index >= 15 is 0 Å². The first-order valence-electron chi connectivity index (χ1n) is 6.66. The van der Waals surface area contributed by atoms with Crippen LogP contribution in [0.1, 0.15) is 31.2 Å². The minimum atomic E-state index is -3.50. The molecule has 2 atom stereocenters. The lowest BCUT2D eigenvalue weighted by molar-refractivity contribution is 0.320. The summed E-state index contributed by atoms with van der Waals surface area (Å²) in [6.45, 7) is 7.25. The summed E-state index contributed by atoms with van der Waals surface area (Å²) in [5.41, 5.74) is 1.10. The smallest absolute Gasteiger partial charge is 0.244 e. The Balaban J connectivity index is 0.00000200. The van der Waals surface area contributed by atoms with Gasteiger partial charge in [0.25, 0.3) is 0 Å². The first kappa shape index (κ1) is 17.4. The van der Waals surface area contributed by atoms with E-state index in [1.54, 1.807) is 13.8 Å². The second-order valence-corrected chi connectivity index (χ2v) is 6.93. The summed E-state index contributed by atoms with van der Waals surface area (Å²) < 4.78 is 27.6. The van der Waals surface area contributed by atoms with Gasteiger partial charge in [0.15, 0.2) is 0 Å². The fraction of sp³-hybridized carbons (Fsp3) is 0.750. The van der Waals surface area contributed by atoms with Gasteiger partial charge in [0, 0.05) is 6.04 Å². The average molecular weight is 323 g/mol. The van der Waals surface area contributed by atoms with Crippen LogP contribution in [0.4, 0.5) is 0 Å². The maximum Gasteiger partial charge on any atom is 0.244 e. The number of piperidine rings is 1. The summed E-state index contributed by atoms with van der Waals surface area (Å²) in [5, 5.41) is 9.97. The van der Waals surface area contributed by atoms with Crippen LogP contribution in [0.3, 0.4) is 0 Å². The molecule has 0 spiro atoms. The van der Waals surface area contributed by atoms with Gasteiger partial charge in [-0.2, -0.15) is 5.10 Å². The SMILES string of the molecule is Cc1n[nH]c(C)c1S(=O)(=O)NC(C)C1CCCNC1.Cl. The van der Waals surface area contributed by atoms with E-state index in [9.17, 15) is 8.42 Å². The third-order valence-electron chi connectivity index (χ3n) is 3.71. The molecule has 0 radical (unpaired) electrons. The highest BCUT2D eigenvalue weighted by atomic mass is 35.5. The molecule has 2 unspecified atom stereocenters. The number of hydrogen-bond donors (Lipinski definition) is 3. The first-order chi connectivity index (χ1) is 8.92. The van der Waals surface area contributed by atoms with Gasteiger partial charge < -0.3 is 5.32 Å². The molecular weight excluding hydrogens is 300 g/mol. The van der Waals surface area contributed by atoms with E-state index in [4.69, 9.17) is 0 Å². The molecule has 1 aromatic heterocycles. The van der Waals surface area contributed by atoms with Gasteiger partial charge in [-0.3, -0.25) is 5.10 Å². The summed E-state index contributed by atoms with van der Waals surface area (Å²) in [7, 11) is -3.50. The molecule has 0 saturated carbocycles. The minimum Gasteiger partial charge on any atom is -0.316 e. The van der Waals surface area contributed by atoms with Gasteiger partial charge >= 0.3 is 0 Å². The second kappa shape index (κ2) is 6.89. The molecule has 6 nitrogen and oxygen atoms in total. The molecule has 116 valence electrons. The van der Waals surface area contributed by atoms with E-state index in [1.165, 1.54) is 0 Å². The number of nitrogens with zero attached hydrogens (tertiary/aromatic N) is 1. The van der Waals surface area contributed by atoms with Crippen LogP contribution in [0.2, 0.25) is 0 Å². The number of hydrogen-bond acceptors (Lipinski definition) is 4. The molecular formula is C12H23ClN4O2S. The zero-order valence-electron chi connectivity index (χ0n) is 12.1. The van der Waals surface area contributed by atoms with Crippen molar-refractivity contribution in [3.8, 4) is 0 Å². The van der Waals surface area contributed by atoms with Gasteiger partial charge in [-0.1, -0.05) is 0 Å². The summed E-state index contributed by atoms with van der Waals surface area (Å²) in [6, 6.07) is -0.0773. The lowest BCUT2D eigenvalue weighted by Crippen LogP contribution is -2.44. The second-order valence-electron chi connectivity index (χ2n) is 5.28.